The summed E-state index contributed by atoms with van der Waals surface area (Å²) in [5, 5.41) is 9.93. The lowest BCUT2D eigenvalue weighted by atomic mass is 9.85. The molecule has 0 aromatic rings. The van der Waals surface area contributed by atoms with Crippen molar-refractivity contribution in [3.8, 4) is 0 Å². The van der Waals surface area contributed by atoms with E-state index in [0.717, 1.165) is 51.4 Å². The molecule has 2 aliphatic carbocycles. The summed E-state index contributed by atoms with van der Waals surface area (Å²) in [7, 11) is 0. The third kappa shape index (κ3) is 2.97. The Morgan fingerprint density at radius 2 is 1.56 bits per heavy atom. The van der Waals surface area contributed by atoms with Crippen LogP contribution in [0.4, 0.5) is 0 Å². The molecule has 0 spiro atoms. The number of rotatable bonds is 3. The number of carbonyl (C=O) groups is 1. The topological polar surface area (TPSA) is 46.5 Å². The SMILES string of the molecule is O=C(OC1CCCC1)[C@H](O)C1CCCCC1. The number of aliphatic hydroxyl groups is 1. The first kappa shape index (κ1) is 11.9. The number of hydrogen-bond acceptors (Lipinski definition) is 3. The van der Waals surface area contributed by atoms with E-state index in [1.807, 2.05) is 0 Å². The van der Waals surface area contributed by atoms with Gasteiger partial charge in [0.15, 0.2) is 6.10 Å². The highest BCUT2D eigenvalue weighted by Crippen LogP contribution is 2.28. The van der Waals surface area contributed by atoms with Gasteiger partial charge in [-0.25, -0.2) is 4.79 Å². The van der Waals surface area contributed by atoms with Crippen molar-refractivity contribution in [2.45, 2.75) is 70.0 Å². The fourth-order valence-corrected chi connectivity index (χ4v) is 2.88. The van der Waals surface area contributed by atoms with Crippen LogP contribution in [0.25, 0.3) is 0 Å². The van der Waals surface area contributed by atoms with Crippen LogP contribution >= 0.6 is 0 Å². The zero-order valence-electron chi connectivity index (χ0n) is 9.86. The minimum Gasteiger partial charge on any atom is -0.460 e. The number of esters is 1. The maximum Gasteiger partial charge on any atom is 0.335 e. The molecular weight excluding hydrogens is 204 g/mol. The third-order valence-electron chi connectivity index (χ3n) is 3.92. The molecule has 0 radical (unpaired) electrons. The second kappa shape index (κ2) is 5.67. The summed E-state index contributed by atoms with van der Waals surface area (Å²) in [6.45, 7) is 0. The van der Waals surface area contributed by atoms with Gasteiger partial charge in [-0.05, 0) is 44.4 Å². The van der Waals surface area contributed by atoms with E-state index in [4.69, 9.17) is 4.74 Å². The fourth-order valence-electron chi connectivity index (χ4n) is 2.88. The van der Waals surface area contributed by atoms with Crippen molar-refractivity contribution in [2.75, 3.05) is 0 Å². The van der Waals surface area contributed by atoms with Crippen molar-refractivity contribution in [3.05, 3.63) is 0 Å². The van der Waals surface area contributed by atoms with Gasteiger partial charge in [0.05, 0.1) is 0 Å². The van der Waals surface area contributed by atoms with Gasteiger partial charge < -0.3 is 9.84 Å². The molecule has 0 aromatic carbocycles. The summed E-state index contributed by atoms with van der Waals surface area (Å²) in [5.41, 5.74) is 0. The Labute approximate surface area is 97.2 Å². The molecule has 1 N–H and O–H groups in total. The highest BCUT2D eigenvalue weighted by atomic mass is 16.6. The van der Waals surface area contributed by atoms with E-state index in [1.165, 1.54) is 6.42 Å². The quantitative estimate of drug-likeness (QED) is 0.752. The zero-order valence-corrected chi connectivity index (χ0v) is 9.86. The summed E-state index contributed by atoms with van der Waals surface area (Å²) < 4.78 is 5.34. The van der Waals surface area contributed by atoms with Crippen LogP contribution < -0.4 is 0 Å². The van der Waals surface area contributed by atoms with Gasteiger partial charge in [-0.15, -0.1) is 0 Å². The minimum absolute atomic E-state index is 0.0748. The molecule has 16 heavy (non-hydrogen) atoms. The van der Waals surface area contributed by atoms with Crippen molar-refractivity contribution in [3.63, 3.8) is 0 Å². The molecule has 0 aromatic heterocycles. The summed E-state index contributed by atoms with van der Waals surface area (Å²) >= 11 is 0. The molecule has 0 aliphatic heterocycles. The zero-order chi connectivity index (χ0) is 11.4. The van der Waals surface area contributed by atoms with Gasteiger partial charge >= 0.3 is 5.97 Å². The smallest absolute Gasteiger partial charge is 0.335 e. The lowest BCUT2D eigenvalue weighted by molar-refractivity contribution is -0.162. The number of ether oxygens (including phenoxy) is 1. The van der Waals surface area contributed by atoms with Crippen LogP contribution in [0.3, 0.4) is 0 Å². The Kier molecular flexibility index (Phi) is 4.22. The van der Waals surface area contributed by atoms with Crippen LogP contribution in [-0.2, 0) is 9.53 Å². The van der Waals surface area contributed by atoms with Gasteiger partial charge in [0, 0.05) is 0 Å². The van der Waals surface area contributed by atoms with E-state index in [2.05, 4.69) is 0 Å². The van der Waals surface area contributed by atoms with E-state index in [1.54, 1.807) is 0 Å². The van der Waals surface area contributed by atoms with Gasteiger partial charge in [-0.3, -0.25) is 0 Å². The van der Waals surface area contributed by atoms with E-state index in [0.29, 0.717) is 0 Å². The predicted molar refractivity (Wildman–Crippen MR) is 60.9 cm³/mol. The summed E-state index contributed by atoms with van der Waals surface area (Å²) in [6.07, 6.45) is 8.91. The average Bonchev–Trinajstić information content (AvgIpc) is 2.82. The molecule has 3 heteroatoms. The number of aliphatic hydroxyl groups excluding tert-OH is 1. The number of carbonyl (C=O) groups excluding carboxylic acids is 1. The molecule has 2 fully saturated rings. The Hall–Kier alpha value is -0.570. The monoisotopic (exact) mass is 226 g/mol. The van der Waals surface area contributed by atoms with E-state index < -0.39 is 6.10 Å². The molecular formula is C13H22O3. The Morgan fingerprint density at radius 1 is 1.00 bits per heavy atom. The van der Waals surface area contributed by atoms with Gasteiger partial charge in [0.25, 0.3) is 0 Å². The van der Waals surface area contributed by atoms with Crippen LogP contribution in [-0.4, -0.2) is 23.3 Å². The Morgan fingerprint density at radius 3 is 2.19 bits per heavy atom. The van der Waals surface area contributed by atoms with Gasteiger partial charge in [0.1, 0.15) is 6.10 Å². The number of hydrogen-bond donors (Lipinski definition) is 1. The highest BCUT2D eigenvalue weighted by Gasteiger charge is 2.30. The molecule has 0 bridgehead atoms. The largest absolute Gasteiger partial charge is 0.460 e. The lowest BCUT2D eigenvalue weighted by Gasteiger charge is -2.26. The van der Waals surface area contributed by atoms with E-state index in [9.17, 15) is 9.90 Å². The van der Waals surface area contributed by atoms with Crippen molar-refractivity contribution in [2.24, 2.45) is 5.92 Å². The molecule has 2 aliphatic rings. The van der Waals surface area contributed by atoms with Crippen molar-refractivity contribution >= 4 is 5.97 Å². The first-order valence-electron chi connectivity index (χ1n) is 6.66. The Bertz CT molecular complexity index is 227. The molecule has 92 valence electrons. The summed E-state index contributed by atoms with van der Waals surface area (Å²) in [6, 6.07) is 0. The second-order valence-corrected chi connectivity index (χ2v) is 5.19. The molecule has 3 nitrogen and oxygen atoms in total. The molecule has 0 unspecified atom stereocenters. The standard InChI is InChI=1S/C13H22O3/c14-12(10-6-2-1-3-7-10)13(15)16-11-8-4-5-9-11/h10-12,14H,1-9H2/t12-/m1/s1. The first-order valence-corrected chi connectivity index (χ1v) is 6.66. The fraction of sp³-hybridized carbons (Fsp3) is 0.923. The minimum atomic E-state index is -0.874. The molecule has 0 saturated heterocycles. The molecule has 2 saturated carbocycles. The molecule has 1 atom stereocenters. The summed E-state index contributed by atoms with van der Waals surface area (Å²) in [4.78, 5) is 11.7. The maximum absolute atomic E-state index is 11.7. The van der Waals surface area contributed by atoms with Gasteiger partial charge in [-0.2, -0.15) is 0 Å². The summed E-state index contributed by atoms with van der Waals surface area (Å²) in [5.74, 6) is -0.235. The van der Waals surface area contributed by atoms with Gasteiger partial charge in [-0.1, -0.05) is 19.3 Å². The van der Waals surface area contributed by atoms with Crippen molar-refractivity contribution in [1.29, 1.82) is 0 Å². The molecule has 0 heterocycles. The van der Waals surface area contributed by atoms with Crippen LogP contribution in [0.2, 0.25) is 0 Å². The maximum atomic E-state index is 11.7. The lowest BCUT2D eigenvalue weighted by Crippen LogP contribution is -2.34. The van der Waals surface area contributed by atoms with Crippen LogP contribution in [0.5, 0.6) is 0 Å². The molecule has 2 rings (SSSR count). The van der Waals surface area contributed by atoms with E-state index >= 15 is 0 Å². The van der Waals surface area contributed by atoms with Crippen molar-refractivity contribution < 1.29 is 14.6 Å². The van der Waals surface area contributed by atoms with Gasteiger partial charge in [0.2, 0.25) is 0 Å². The third-order valence-corrected chi connectivity index (χ3v) is 3.92. The normalized spacial score (nSPS) is 25.6. The Balaban J connectivity index is 1.78. The van der Waals surface area contributed by atoms with Crippen molar-refractivity contribution in [1.82, 2.24) is 0 Å². The second-order valence-electron chi connectivity index (χ2n) is 5.19. The average molecular weight is 226 g/mol. The predicted octanol–water partition coefficient (Wildman–Crippen LogP) is 2.41. The van der Waals surface area contributed by atoms with Crippen LogP contribution in [0, 0.1) is 5.92 Å². The van der Waals surface area contributed by atoms with Crippen LogP contribution in [0.15, 0.2) is 0 Å². The first-order chi connectivity index (χ1) is 7.77. The van der Waals surface area contributed by atoms with Crippen LogP contribution in [0.1, 0.15) is 57.8 Å². The van der Waals surface area contributed by atoms with E-state index in [-0.39, 0.29) is 18.0 Å². The molecule has 0 amide bonds. The highest BCUT2D eigenvalue weighted by molar-refractivity contribution is 5.75.